The van der Waals surface area contributed by atoms with Gasteiger partial charge in [-0.3, -0.25) is 4.79 Å². The molecule has 0 saturated carbocycles. The number of para-hydroxylation sites is 1. The molecule has 0 aliphatic carbocycles. The number of rotatable bonds is 2. The molecular formula is C10H10O3. The molecule has 1 aromatic carbocycles. The average Bonchev–Trinajstić information content (AvgIpc) is 2.53. The summed E-state index contributed by atoms with van der Waals surface area (Å²) in [6, 6.07) is 9.44. The van der Waals surface area contributed by atoms with Crippen molar-refractivity contribution in [2.45, 2.75) is 12.5 Å². The lowest BCUT2D eigenvalue weighted by atomic mass is 10.3. The minimum Gasteiger partial charge on any atom is -0.486 e. The van der Waals surface area contributed by atoms with Gasteiger partial charge in [-0.2, -0.15) is 0 Å². The lowest BCUT2D eigenvalue weighted by Gasteiger charge is -2.09. The zero-order valence-electron chi connectivity index (χ0n) is 7.10. The van der Waals surface area contributed by atoms with Crippen LogP contribution in [0, 0.1) is 0 Å². The Morgan fingerprint density at radius 1 is 1.31 bits per heavy atom. The summed E-state index contributed by atoms with van der Waals surface area (Å²) in [5, 5.41) is 0. The lowest BCUT2D eigenvalue weighted by Crippen LogP contribution is -2.15. The summed E-state index contributed by atoms with van der Waals surface area (Å²) in [4.78, 5) is 10.7. The quantitative estimate of drug-likeness (QED) is 0.642. The first-order valence-electron chi connectivity index (χ1n) is 4.22. The van der Waals surface area contributed by atoms with Gasteiger partial charge < -0.3 is 9.47 Å². The molecule has 2 rings (SSSR count). The summed E-state index contributed by atoms with van der Waals surface area (Å²) in [5.74, 6) is 0.603. The van der Waals surface area contributed by atoms with Crippen LogP contribution < -0.4 is 4.74 Å². The van der Waals surface area contributed by atoms with E-state index in [4.69, 9.17) is 9.47 Å². The largest absolute Gasteiger partial charge is 0.486 e. The highest BCUT2D eigenvalue weighted by atomic mass is 16.6. The van der Waals surface area contributed by atoms with E-state index >= 15 is 0 Å². The predicted octanol–water partition coefficient (Wildman–Crippen LogP) is 1.38. The Morgan fingerprint density at radius 3 is 2.69 bits per heavy atom. The Labute approximate surface area is 76.3 Å². The molecule has 1 atom stereocenters. The van der Waals surface area contributed by atoms with Crippen molar-refractivity contribution in [2.24, 2.45) is 0 Å². The zero-order chi connectivity index (χ0) is 9.10. The fourth-order valence-corrected chi connectivity index (χ4v) is 1.26. The number of carbonyl (C=O) groups is 1. The van der Waals surface area contributed by atoms with Crippen LogP contribution in [-0.4, -0.2) is 18.7 Å². The lowest BCUT2D eigenvalue weighted by molar-refractivity contribution is -0.137. The minimum absolute atomic E-state index is 0.116. The van der Waals surface area contributed by atoms with Crippen molar-refractivity contribution < 1.29 is 14.3 Å². The highest BCUT2D eigenvalue weighted by Gasteiger charge is 2.24. The Morgan fingerprint density at radius 2 is 2.08 bits per heavy atom. The highest BCUT2D eigenvalue weighted by molar-refractivity contribution is 5.72. The third-order valence-corrected chi connectivity index (χ3v) is 1.87. The van der Waals surface area contributed by atoms with Crippen LogP contribution in [0.4, 0.5) is 0 Å². The third kappa shape index (κ3) is 1.99. The SMILES string of the molecule is O=C1CC(Oc2ccccc2)CO1. The topological polar surface area (TPSA) is 35.5 Å². The van der Waals surface area contributed by atoms with E-state index in [9.17, 15) is 4.79 Å². The highest BCUT2D eigenvalue weighted by Crippen LogP contribution is 2.16. The first kappa shape index (κ1) is 8.10. The van der Waals surface area contributed by atoms with Gasteiger partial charge in [-0.1, -0.05) is 18.2 Å². The van der Waals surface area contributed by atoms with E-state index in [0.29, 0.717) is 13.0 Å². The maximum atomic E-state index is 10.7. The molecule has 1 aliphatic heterocycles. The van der Waals surface area contributed by atoms with Gasteiger partial charge in [0.2, 0.25) is 0 Å². The van der Waals surface area contributed by atoms with Crippen molar-refractivity contribution in [3.63, 3.8) is 0 Å². The summed E-state index contributed by atoms with van der Waals surface area (Å²) in [6.45, 7) is 0.369. The molecule has 0 spiro atoms. The number of esters is 1. The van der Waals surface area contributed by atoms with E-state index in [2.05, 4.69) is 0 Å². The molecule has 1 saturated heterocycles. The van der Waals surface area contributed by atoms with Gasteiger partial charge in [0.15, 0.2) is 0 Å². The molecule has 13 heavy (non-hydrogen) atoms. The average molecular weight is 178 g/mol. The summed E-state index contributed by atoms with van der Waals surface area (Å²) >= 11 is 0. The standard InChI is InChI=1S/C10H10O3/c11-10-6-9(7-12-10)13-8-4-2-1-3-5-8/h1-5,9H,6-7H2. The molecular weight excluding hydrogens is 168 g/mol. The smallest absolute Gasteiger partial charge is 0.309 e. The fraction of sp³-hybridized carbons (Fsp3) is 0.300. The van der Waals surface area contributed by atoms with Gasteiger partial charge in [-0.05, 0) is 12.1 Å². The van der Waals surface area contributed by atoms with E-state index in [0.717, 1.165) is 5.75 Å². The molecule has 0 N–H and O–H groups in total. The maximum absolute atomic E-state index is 10.7. The molecule has 0 radical (unpaired) electrons. The molecule has 1 unspecified atom stereocenters. The summed E-state index contributed by atoms with van der Waals surface area (Å²) in [5.41, 5.74) is 0. The number of cyclic esters (lactones) is 1. The van der Waals surface area contributed by atoms with Gasteiger partial charge in [-0.15, -0.1) is 0 Å². The van der Waals surface area contributed by atoms with Crippen LogP contribution >= 0.6 is 0 Å². The van der Waals surface area contributed by atoms with Gasteiger partial charge in [-0.25, -0.2) is 0 Å². The van der Waals surface area contributed by atoms with Crippen LogP contribution in [0.25, 0.3) is 0 Å². The molecule has 3 nitrogen and oxygen atoms in total. The number of hydrogen-bond donors (Lipinski definition) is 0. The monoisotopic (exact) mass is 178 g/mol. The Bertz CT molecular complexity index is 294. The van der Waals surface area contributed by atoms with Crippen molar-refractivity contribution in [3.8, 4) is 5.75 Å². The maximum Gasteiger partial charge on any atom is 0.309 e. The number of carbonyl (C=O) groups excluding carboxylic acids is 1. The second-order valence-electron chi connectivity index (χ2n) is 2.94. The van der Waals surface area contributed by atoms with Crippen molar-refractivity contribution in [2.75, 3.05) is 6.61 Å². The van der Waals surface area contributed by atoms with Crippen molar-refractivity contribution >= 4 is 5.97 Å². The summed E-state index contributed by atoms with van der Waals surface area (Å²) in [6.07, 6.45) is 0.240. The molecule has 68 valence electrons. The van der Waals surface area contributed by atoms with E-state index < -0.39 is 0 Å². The number of benzene rings is 1. The van der Waals surface area contributed by atoms with E-state index in [1.807, 2.05) is 30.3 Å². The van der Waals surface area contributed by atoms with E-state index in [-0.39, 0.29) is 12.1 Å². The Kier molecular flexibility index (Phi) is 2.17. The second kappa shape index (κ2) is 3.47. The van der Waals surface area contributed by atoms with Crippen LogP contribution in [0.1, 0.15) is 6.42 Å². The van der Waals surface area contributed by atoms with Crippen LogP contribution in [0.3, 0.4) is 0 Å². The van der Waals surface area contributed by atoms with Gasteiger partial charge in [0.25, 0.3) is 0 Å². The van der Waals surface area contributed by atoms with Crippen molar-refractivity contribution in [3.05, 3.63) is 30.3 Å². The van der Waals surface area contributed by atoms with Crippen LogP contribution in [0.5, 0.6) is 5.75 Å². The summed E-state index contributed by atoms with van der Waals surface area (Å²) in [7, 11) is 0. The van der Waals surface area contributed by atoms with E-state index in [1.54, 1.807) is 0 Å². The van der Waals surface area contributed by atoms with Crippen molar-refractivity contribution in [1.82, 2.24) is 0 Å². The molecule has 1 heterocycles. The minimum atomic E-state index is -0.180. The van der Waals surface area contributed by atoms with Crippen LogP contribution in [0.2, 0.25) is 0 Å². The van der Waals surface area contributed by atoms with Crippen LogP contribution in [0.15, 0.2) is 30.3 Å². The van der Waals surface area contributed by atoms with Gasteiger partial charge >= 0.3 is 5.97 Å². The number of ether oxygens (including phenoxy) is 2. The first-order valence-corrected chi connectivity index (χ1v) is 4.22. The van der Waals surface area contributed by atoms with Gasteiger partial charge in [0, 0.05) is 0 Å². The summed E-state index contributed by atoms with van der Waals surface area (Å²) < 4.78 is 10.3. The number of hydrogen-bond acceptors (Lipinski definition) is 3. The predicted molar refractivity (Wildman–Crippen MR) is 46.4 cm³/mol. The molecule has 3 heteroatoms. The van der Waals surface area contributed by atoms with Gasteiger partial charge in [0.05, 0.1) is 6.42 Å². The molecule has 0 aromatic heterocycles. The zero-order valence-corrected chi connectivity index (χ0v) is 7.10. The van der Waals surface area contributed by atoms with Crippen LogP contribution in [-0.2, 0) is 9.53 Å². The van der Waals surface area contributed by atoms with Crippen molar-refractivity contribution in [1.29, 1.82) is 0 Å². The van der Waals surface area contributed by atoms with Gasteiger partial charge in [0.1, 0.15) is 18.5 Å². The molecule has 1 aliphatic rings. The molecule has 0 amide bonds. The molecule has 1 fully saturated rings. The molecule has 1 aromatic rings. The molecule has 0 bridgehead atoms. The Hall–Kier alpha value is -1.51. The van der Waals surface area contributed by atoms with E-state index in [1.165, 1.54) is 0 Å². The Balaban J connectivity index is 1.96. The second-order valence-corrected chi connectivity index (χ2v) is 2.94. The fourth-order valence-electron chi connectivity index (χ4n) is 1.26. The third-order valence-electron chi connectivity index (χ3n) is 1.87. The normalized spacial score (nSPS) is 21.2. The first-order chi connectivity index (χ1) is 6.34.